The molecule has 0 amide bonds. The molecule has 0 aromatic heterocycles. The van der Waals surface area contributed by atoms with Gasteiger partial charge >= 0.3 is 0 Å². The Labute approximate surface area is 97.2 Å². The third-order valence-corrected chi connectivity index (χ3v) is 2.99. The van der Waals surface area contributed by atoms with Gasteiger partial charge in [-0.2, -0.15) is 0 Å². The lowest BCUT2D eigenvalue weighted by Crippen LogP contribution is -2.43. The Balaban J connectivity index is 2.29. The molecule has 1 N–H and O–H groups in total. The molecule has 3 nitrogen and oxygen atoms in total. The average Bonchev–Trinajstić information content (AvgIpc) is 3.05. The van der Waals surface area contributed by atoms with Crippen LogP contribution in [0.5, 0.6) is 0 Å². The maximum Gasteiger partial charge on any atom is 0.0870 e. The first-order valence-electron chi connectivity index (χ1n) is 5.73. The molecule has 0 atom stereocenters. The molecule has 86 valence electrons. The lowest BCUT2D eigenvalue weighted by atomic mass is 10.1. The van der Waals surface area contributed by atoms with E-state index in [0.29, 0.717) is 6.04 Å². The second-order valence-electron chi connectivity index (χ2n) is 4.42. The van der Waals surface area contributed by atoms with Gasteiger partial charge in [-0.25, -0.2) is 0 Å². The van der Waals surface area contributed by atoms with Crippen molar-refractivity contribution in [3.8, 4) is 0 Å². The number of hydrazine groups is 1. The summed E-state index contributed by atoms with van der Waals surface area (Å²) in [4.78, 5) is 4.74. The zero-order chi connectivity index (χ0) is 11.7. The summed E-state index contributed by atoms with van der Waals surface area (Å²) in [6, 6.07) is 0.526. The summed E-state index contributed by atoms with van der Waals surface area (Å²) in [5.74, 6) is 0. The molecule has 0 saturated heterocycles. The van der Waals surface area contributed by atoms with Crippen LogP contribution in [0.1, 0.15) is 26.7 Å². The van der Waals surface area contributed by atoms with Gasteiger partial charge in [0.1, 0.15) is 0 Å². The van der Waals surface area contributed by atoms with Crippen molar-refractivity contribution in [2.24, 2.45) is 4.99 Å². The number of hydrogen-bond acceptors (Lipinski definition) is 3. The summed E-state index contributed by atoms with van der Waals surface area (Å²) in [6.45, 7) is 12.8. The maximum absolute atomic E-state index is 4.74. The van der Waals surface area contributed by atoms with Gasteiger partial charge in [-0.05, 0) is 32.3 Å². The molecular formula is C13H19N3. The van der Waals surface area contributed by atoms with Crippen LogP contribution in [-0.2, 0) is 0 Å². The number of rotatable bonds is 3. The summed E-state index contributed by atoms with van der Waals surface area (Å²) < 4.78 is 0. The molecule has 0 aromatic carbocycles. The predicted octanol–water partition coefficient (Wildman–Crippen LogP) is 2.40. The van der Waals surface area contributed by atoms with E-state index in [1.807, 2.05) is 11.1 Å². The van der Waals surface area contributed by atoms with E-state index in [0.717, 1.165) is 23.7 Å². The Kier molecular flexibility index (Phi) is 2.86. The fraction of sp³-hybridized carbons (Fsp3) is 0.462. The van der Waals surface area contributed by atoms with E-state index in [2.05, 4.69) is 32.4 Å². The van der Waals surface area contributed by atoms with Crippen molar-refractivity contribution in [1.82, 2.24) is 10.4 Å². The van der Waals surface area contributed by atoms with E-state index in [-0.39, 0.29) is 0 Å². The normalized spacial score (nSPS) is 23.8. The second kappa shape index (κ2) is 4.16. The monoisotopic (exact) mass is 217 g/mol. The molecule has 1 saturated carbocycles. The van der Waals surface area contributed by atoms with E-state index in [4.69, 9.17) is 4.99 Å². The highest BCUT2D eigenvalue weighted by Crippen LogP contribution is 2.27. The van der Waals surface area contributed by atoms with Gasteiger partial charge in [0, 0.05) is 5.70 Å². The third-order valence-electron chi connectivity index (χ3n) is 2.99. The summed E-state index contributed by atoms with van der Waals surface area (Å²) in [5, 5.41) is 2.00. The maximum atomic E-state index is 4.74. The SMILES string of the molecule is C=CCN1NC(C)=C(C)C(=NC2CC2)C1=C. The molecule has 0 unspecified atom stereocenters. The van der Waals surface area contributed by atoms with Crippen LogP contribution in [0.2, 0.25) is 0 Å². The standard InChI is InChI=1S/C13H19N3/c1-5-8-16-11(4)13(14-12-6-7-12)9(2)10(3)15-16/h5,12,15H,1,4,6-8H2,2-3H3. The molecule has 3 heteroatoms. The molecule has 1 aliphatic heterocycles. The number of aliphatic imine (C=N–C) groups is 1. The molecular weight excluding hydrogens is 198 g/mol. The zero-order valence-electron chi connectivity index (χ0n) is 10.1. The van der Waals surface area contributed by atoms with Crippen molar-refractivity contribution in [2.75, 3.05) is 6.54 Å². The Morgan fingerprint density at radius 3 is 2.75 bits per heavy atom. The fourth-order valence-corrected chi connectivity index (χ4v) is 1.72. The van der Waals surface area contributed by atoms with Gasteiger partial charge < -0.3 is 5.43 Å². The quantitative estimate of drug-likeness (QED) is 0.735. The van der Waals surface area contributed by atoms with Crippen LogP contribution in [0, 0.1) is 0 Å². The Hall–Kier alpha value is -1.51. The summed E-state index contributed by atoms with van der Waals surface area (Å²) in [7, 11) is 0. The number of hydrogen-bond donors (Lipinski definition) is 1. The van der Waals surface area contributed by atoms with Crippen molar-refractivity contribution in [1.29, 1.82) is 0 Å². The minimum Gasteiger partial charge on any atom is -0.302 e. The first-order valence-corrected chi connectivity index (χ1v) is 5.73. The predicted molar refractivity (Wildman–Crippen MR) is 68.0 cm³/mol. The van der Waals surface area contributed by atoms with Crippen molar-refractivity contribution in [3.05, 3.63) is 36.2 Å². The molecule has 1 fully saturated rings. The summed E-state index contributed by atoms with van der Waals surface area (Å²) >= 11 is 0. The molecule has 0 bridgehead atoms. The van der Waals surface area contributed by atoms with E-state index in [1.165, 1.54) is 18.4 Å². The first kappa shape index (κ1) is 11.0. The minimum atomic E-state index is 0.526. The van der Waals surface area contributed by atoms with Crippen molar-refractivity contribution >= 4 is 5.71 Å². The molecule has 16 heavy (non-hydrogen) atoms. The van der Waals surface area contributed by atoms with Crippen LogP contribution >= 0.6 is 0 Å². The Bertz CT molecular complexity index is 386. The van der Waals surface area contributed by atoms with E-state index < -0.39 is 0 Å². The van der Waals surface area contributed by atoms with Gasteiger partial charge in [0.2, 0.25) is 0 Å². The lowest BCUT2D eigenvalue weighted by Gasteiger charge is -2.34. The molecule has 2 rings (SSSR count). The van der Waals surface area contributed by atoms with Gasteiger partial charge in [-0.3, -0.25) is 10.0 Å². The van der Waals surface area contributed by atoms with Gasteiger partial charge in [-0.1, -0.05) is 12.7 Å². The van der Waals surface area contributed by atoms with Crippen molar-refractivity contribution in [2.45, 2.75) is 32.7 Å². The van der Waals surface area contributed by atoms with E-state index in [1.54, 1.807) is 0 Å². The van der Waals surface area contributed by atoms with Crippen LogP contribution in [0.3, 0.4) is 0 Å². The van der Waals surface area contributed by atoms with Crippen LogP contribution in [0.4, 0.5) is 0 Å². The van der Waals surface area contributed by atoms with Gasteiger partial charge in [-0.15, -0.1) is 6.58 Å². The highest BCUT2D eigenvalue weighted by Gasteiger charge is 2.26. The number of nitrogens with zero attached hydrogens (tertiary/aromatic N) is 2. The molecule has 0 aromatic rings. The largest absolute Gasteiger partial charge is 0.302 e. The van der Waals surface area contributed by atoms with Gasteiger partial charge in [0.05, 0.1) is 24.0 Å². The molecule has 1 aliphatic carbocycles. The third kappa shape index (κ3) is 2.03. The van der Waals surface area contributed by atoms with Crippen LogP contribution in [0.15, 0.2) is 41.2 Å². The smallest absolute Gasteiger partial charge is 0.0870 e. The molecule has 1 heterocycles. The number of allylic oxidation sites excluding steroid dienone is 2. The van der Waals surface area contributed by atoms with E-state index >= 15 is 0 Å². The van der Waals surface area contributed by atoms with Crippen LogP contribution in [-0.4, -0.2) is 23.3 Å². The summed E-state index contributed by atoms with van der Waals surface area (Å²) in [5.41, 5.74) is 7.66. The first-order chi connectivity index (χ1) is 7.63. The van der Waals surface area contributed by atoms with Crippen molar-refractivity contribution in [3.63, 3.8) is 0 Å². The minimum absolute atomic E-state index is 0.526. The molecule has 2 aliphatic rings. The fourth-order valence-electron chi connectivity index (χ4n) is 1.72. The summed E-state index contributed by atoms with van der Waals surface area (Å²) in [6.07, 6.45) is 4.30. The van der Waals surface area contributed by atoms with Gasteiger partial charge in [0.15, 0.2) is 0 Å². The average molecular weight is 217 g/mol. The topological polar surface area (TPSA) is 27.6 Å². The lowest BCUT2D eigenvalue weighted by molar-refractivity contribution is 0.314. The Morgan fingerprint density at radius 2 is 2.19 bits per heavy atom. The Morgan fingerprint density at radius 1 is 1.50 bits per heavy atom. The van der Waals surface area contributed by atoms with Crippen LogP contribution < -0.4 is 5.43 Å². The highest BCUT2D eigenvalue weighted by molar-refractivity contribution is 6.12. The molecule has 0 radical (unpaired) electrons. The highest BCUT2D eigenvalue weighted by atomic mass is 15.5. The van der Waals surface area contributed by atoms with Crippen LogP contribution in [0.25, 0.3) is 0 Å². The molecule has 0 spiro atoms. The van der Waals surface area contributed by atoms with Gasteiger partial charge in [0.25, 0.3) is 0 Å². The van der Waals surface area contributed by atoms with E-state index in [9.17, 15) is 0 Å². The zero-order valence-corrected chi connectivity index (χ0v) is 10.1. The number of nitrogens with one attached hydrogen (secondary N) is 1. The van der Waals surface area contributed by atoms with Crippen molar-refractivity contribution < 1.29 is 0 Å². The second-order valence-corrected chi connectivity index (χ2v) is 4.42.